The Bertz CT molecular complexity index is 767. The molecular formula is C16H14I4NO4+. The fourth-order valence-corrected chi connectivity index (χ4v) is 5.91. The fourth-order valence-electron chi connectivity index (χ4n) is 2.08. The highest BCUT2D eigenvalue weighted by Crippen LogP contribution is 2.36. The zero-order chi connectivity index (χ0) is 18.7. The third kappa shape index (κ3) is 5.68. The van der Waals surface area contributed by atoms with Crippen molar-refractivity contribution in [1.82, 2.24) is 0 Å². The standard InChI is InChI=1S/C16H13I4NO4/c1-24-16(23)13(21)4-7-2-11(19)15(12(20)3-7)25-8-5-9(17)14(22)10(18)6-8/h2-3,5-6,13,22H,4,21H2,1H3/p+1. The van der Waals surface area contributed by atoms with Crippen LogP contribution in [0.15, 0.2) is 24.3 Å². The Morgan fingerprint density at radius 3 is 2.08 bits per heavy atom. The lowest BCUT2D eigenvalue weighted by Gasteiger charge is -2.14. The zero-order valence-electron chi connectivity index (χ0n) is 13.0. The van der Waals surface area contributed by atoms with Gasteiger partial charge in [-0.15, -0.1) is 0 Å². The largest absolute Gasteiger partial charge is 0.506 e. The van der Waals surface area contributed by atoms with Gasteiger partial charge in [0.25, 0.3) is 0 Å². The van der Waals surface area contributed by atoms with E-state index < -0.39 is 6.04 Å². The van der Waals surface area contributed by atoms with E-state index in [1.54, 1.807) is 12.1 Å². The van der Waals surface area contributed by atoms with Gasteiger partial charge in [-0.2, -0.15) is 0 Å². The predicted molar refractivity (Wildman–Crippen MR) is 128 cm³/mol. The number of rotatable bonds is 5. The first-order chi connectivity index (χ1) is 11.7. The van der Waals surface area contributed by atoms with E-state index in [9.17, 15) is 9.90 Å². The van der Waals surface area contributed by atoms with Crippen LogP contribution in [0, 0.1) is 14.3 Å². The van der Waals surface area contributed by atoms with Gasteiger partial charge in [-0.25, -0.2) is 4.79 Å². The molecule has 1 atom stereocenters. The van der Waals surface area contributed by atoms with Gasteiger partial charge in [0.2, 0.25) is 0 Å². The molecule has 0 radical (unpaired) electrons. The number of carbonyl (C=O) groups is 1. The number of phenols is 1. The number of quaternary nitrogens is 1. The highest BCUT2D eigenvalue weighted by Gasteiger charge is 2.20. The van der Waals surface area contributed by atoms with Crippen LogP contribution in [0.4, 0.5) is 0 Å². The molecule has 2 aromatic rings. The SMILES string of the molecule is COC(=O)C([NH3+])Cc1cc(I)c(Oc2cc(I)c(O)c(I)c2)c(I)c1. The number of methoxy groups -OCH3 is 1. The molecule has 0 fully saturated rings. The highest BCUT2D eigenvalue weighted by atomic mass is 127. The van der Waals surface area contributed by atoms with Gasteiger partial charge in [-0.3, -0.25) is 0 Å². The summed E-state index contributed by atoms with van der Waals surface area (Å²) in [5.41, 5.74) is 4.85. The Kier molecular flexibility index (Phi) is 8.28. The number of ether oxygens (including phenoxy) is 2. The van der Waals surface area contributed by atoms with Crippen molar-refractivity contribution in [2.45, 2.75) is 12.5 Å². The van der Waals surface area contributed by atoms with Crippen LogP contribution in [0.1, 0.15) is 5.56 Å². The molecule has 0 heterocycles. The third-order valence-corrected chi connectivity index (χ3v) is 6.53. The number of esters is 1. The summed E-state index contributed by atoms with van der Waals surface area (Å²) in [5.74, 6) is 1.36. The van der Waals surface area contributed by atoms with Crippen LogP contribution in [0.2, 0.25) is 0 Å². The molecule has 0 aliphatic rings. The average Bonchev–Trinajstić information content (AvgIpc) is 2.55. The van der Waals surface area contributed by atoms with E-state index in [0.717, 1.165) is 25.6 Å². The Labute approximate surface area is 200 Å². The van der Waals surface area contributed by atoms with E-state index >= 15 is 0 Å². The van der Waals surface area contributed by atoms with E-state index in [0.29, 0.717) is 12.2 Å². The minimum atomic E-state index is -0.441. The number of aromatic hydroxyl groups is 1. The quantitative estimate of drug-likeness (QED) is 0.356. The normalized spacial score (nSPS) is 11.9. The molecule has 134 valence electrons. The lowest BCUT2D eigenvalue weighted by atomic mass is 10.1. The second kappa shape index (κ2) is 9.54. The average molecular weight is 792 g/mol. The van der Waals surface area contributed by atoms with Crippen molar-refractivity contribution in [2.24, 2.45) is 0 Å². The maximum absolute atomic E-state index is 11.6. The molecule has 9 heteroatoms. The van der Waals surface area contributed by atoms with Gasteiger partial charge in [0.1, 0.15) is 11.5 Å². The van der Waals surface area contributed by atoms with Crippen LogP contribution in [0.5, 0.6) is 17.2 Å². The number of hydrogen-bond acceptors (Lipinski definition) is 4. The first kappa shape index (κ1) is 21.7. The first-order valence-electron chi connectivity index (χ1n) is 6.97. The van der Waals surface area contributed by atoms with Crippen molar-refractivity contribution >= 4 is 96.3 Å². The fraction of sp³-hybridized carbons (Fsp3) is 0.188. The van der Waals surface area contributed by atoms with Crippen molar-refractivity contribution < 1.29 is 25.1 Å². The van der Waals surface area contributed by atoms with Crippen molar-refractivity contribution in [2.75, 3.05) is 7.11 Å². The number of carbonyl (C=O) groups excluding carboxylic acids is 1. The second-order valence-electron chi connectivity index (χ2n) is 5.15. The molecule has 2 aromatic carbocycles. The van der Waals surface area contributed by atoms with Crippen molar-refractivity contribution in [3.63, 3.8) is 0 Å². The Balaban J connectivity index is 2.27. The van der Waals surface area contributed by atoms with Gasteiger partial charge in [-0.1, -0.05) is 0 Å². The minimum Gasteiger partial charge on any atom is -0.506 e. The lowest BCUT2D eigenvalue weighted by molar-refractivity contribution is -0.407. The number of halogens is 4. The van der Waals surface area contributed by atoms with Gasteiger partial charge >= 0.3 is 5.97 Å². The third-order valence-electron chi connectivity index (χ3n) is 3.29. The molecule has 0 saturated carbocycles. The summed E-state index contributed by atoms with van der Waals surface area (Å²) in [4.78, 5) is 11.6. The van der Waals surface area contributed by atoms with Crippen LogP contribution >= 0.6 is 90.4 Å². The van der Waals surface area contributed by atoms with Gasteiger partial charge in [-0.05, 0) is 120 Å². The van der Waals surface area contributed by atoms with E-state index in [-0.39, 0.29) is 11.7 Å². The summed E-state index contributed by atoms with van der Waals surface area (Å²) in [5, 5.41) is 9.87. The molecule has 0 aromatic heterocycles. The smallest absolute Gasteiger partial charge is 0.364 e. The maximum Gasteiger partial charge on any atom is 0.364 e. The van der Waals surface area contributed by atoms with Gasteiger partial charge in [0, 0.05) is 6.42 Å². The maximum atomic E-state index is 11.6. The van der Waals surface area contributed by atoms with Crippen molar-refractivity contribution in [3.8, 4) is 17.2 Å². The lowest BCUT2D eigenvalue weighted by Crippen LogP contribution is -2.66. The number of benzene rings is 2. The van der Waals surface area contributed by atoms with E-state index in [1.165, 1.54) is 7.11 Å². The molecule has 1 unspecified atom stereocenters. The molecule has 4 N–H and O–H groups in total. The van der Waals surface area contributed by atoms with Crippen LogP contribution in [-0.2, 0) is 16.0 Å². The first-order valence-corrected chi connectivity index (χ1v) is 11.3. The van der Waals surface area contributed by atoms with E-state index in [4.69, 9.17) is 9.47 Å². The van der Waals surface area contributed by atoms with Gasteiger partial charge < -0.3 is 20.3 Å². The molecule has 25 heavy (non-hydrogen) atoms. The molecule has 2 rings (SSSR count). The molecule has 0 bridgehead atoms. The highest BCUT2D eigenvalue weighted by molar-refractivity contribution is 14.1. The second-order valence-corrected chi connectivity index (χ2v) is 9.80. The van der Waals surface area contributed by atoms with Crippen molar-refractivity contribution in [3.05, 3.63) is 44.1 Å². The Hall–Kier alpha value is 0.390. The van der Waals surface area contributed by atoms with Crippen LogP contribution in [-0.4, -0.2) is 24.2 Å². The van der Waals surface area contributed by atoms with Gasteiger partial charge in [0.15, 0.2) is 11.8 Å². The zero-order valence-corrected chi connectivity index (χ0v) is 21.6. The number of phenolic OH excluding ortho intramolecular Hbond substituents is 1. The summed E-state index contributed by atoms with van der Waals surface area (Å²) in [6.45, 7) is 0. The number of hydrogen-bond donors (Lipinski definition) is 2. The molecule has 0 saturated heterocycles. The molecular weight excluding hydrogens is 778 g/mol. The molecule has 0 aliphatic heterocycles. The van der Waals surface area contributed by atoms with Crippen LogP contribution < -0.4 is 10.5 Å². The molecule has 0 spiro atoms. The van der Waals surface area contributed by atoms with Crippen LogP contribution in [0.3, 0.4) is 0 Å². The topological polar surface area (TPSA) is 83.4 Å². The monoisotopic (exact) mass is 792 g/mol. The molecule has 0 aliphatic carbocycles. The van der Waals surface area contributed by atoms with Gasteiger partial charge in [0.05, 0.1) is 21.4 Å². The van der Waals surface area contributed by atoms with E-state index in [2.05, 4.69) is 96.1 Å². The van der Waals surface area contributed by atoms with E-state index in [1.807, 2.05) is 12.1 Å². The Morgan fingerprint density at radius 1 is 1.08 bits per heavy atom. The molecule has 0 amide bonds. The summed E-state index contributed by atoms with van der Waals surface area (Å²) in [6.07, 6.45) is 0.508. The summed E-state index contributed by atoms with van der Waals surface area (Å²) in [7, 11) is 1.37. The predicted octanol–water partition coefficient (Wildman–Crippen LogP) is 3.93. The summed E-state index contributed by atoms with van der Waals surface area (Å²) < 4.78 is 14.1. The Morgan fingerprint density at radius 2 is 1.60 bits per heavy atom. The summed E-state index contributed by atoms with van der Waals surface area (Å²) in [6, 6.07) is 7.11. The minimum absolute atomic E-state index is 0.262. The molecule has 5 nitrogen and oxygen atoms in total. The van der Waals surface area contributed by atoms with Crippen LogP contribution in [0.25, 0.3) is 0 Å². The van der Waals surface area contributed by atoms with Crippen molar-refractivity contribution in [1.29, 1.82) is 0 Å². The summed E-state index contributed by atoms with van der Waals surface area (Å²) >= 11 is 8.58.